The second-order valence-electron chi connectivity index (χ2n) is 13.9. The molecule has 5 rings (SSSR count). The van der Waals surface area contributed by atoms with E-state index in [4.69, 9.17) is 9.16 Å². The predicted molar refractivity (Wildman–Crippen MR) is 174 cm³/mol. The average Bonchev–Trinajstić information content (AvgIpc) is 2.92. The summed E-state index contributed by atoms with van der Waals surface area (Å²) in [7, 11) is -2.12. The third-order valence-corrected chi connectivity index (χ3v) is 8.78. The Morgan fingerprint density at radius 3 is 1.76 bits per heavy atom. The monoisotopic (exact) mass is 586 g/mol. The largest absolute Gasteiger partial charge is 0.455 e. The number of carbonyl (C=O) groups is 1. The van der Waals surface area contributed by atoms with Gasteiger partial charge in [0.2, 0.25) is 6.54 Å². The lowest BCUT2D eigenvalue weighted by atomic mass is 9.78. The van der Waals surface area contributed by atoms with E-state index in [2.05, 4.69) is 97.1 Å². The Balaban J connectivity index is 2.03. The summed E-state index contributed by atoms with van der Waals surface area (Å²) >= 11 is 0. The third kappa shape index (κ3) is 8.64. The van der Waals surface area contributed by atoms with Gasteiger partial charge in [0, 0.05) is 12.0 Å². The van der Waals surface area contributed by atoms with Crippen molar-refractivity contribution in [3.05, 3.63) is 101 Å². The standard InChI is InChI=1S/C37H52NO3Si/c1-36(2,3)40-35(39)29-38-28-30-21-15-11-9-7-8-10-12-20-26-34(38)33(27-30)37(41-42(4,5)6,31-22-16-13-17-23-31)32-24-18-14-19-25-32/h13-14,16-19,22-25,27-28H,7-12,15,20-21,26,29H2,1-6H3/q+1. The number of benzene rings is 2. The lowest BCUT2D eigenvalue weighted by molar-refractivity contribution is -0.694. The van der Waals surface area contributed by atoms with Gasteiger partial charge in [0.1, 0.15) is 11.2 Å². The highest BCUT2D eigenvalue weighted by Gasteiger charge is 2.45. The van der Waals surface area contributed by atoms with Crippen molar-refractivity contribution in [2.45, 2.75) is 122 Å². The number of fused-ring (bicyclic) bond motifs is 11. The number of hydrogen-bond donors (Lipinski definition) is 0. The smallest absolute Gasteiger partial charge is 0.373 e. The van der Waals surface area contributed by atoms with Crippen LogP contribution in [0.4, 0.5) is 0 Å². The van der Waals surface area contributed by atoms with Crippen LogP contribution >= 0.6 is 0 Å². The lowest BCUT2D eigenvalue weighted by Gasteiger charge is -2.41. The highest BCUT2D eigenvalue weighted by Crippen LogP contribution is 2.44. The van der Waals surface area contributed by atoms with E-state index in [1.165, 1.54) is 55.3 Å². The average molecular weight is 587 g/mol. The quantitative estimate of drug-likeness (QED) is 0.158. The summed E-state index contributed by atoms with van der Waals surface area (Å²) in [5, 5.41) is 0. The number of aryl methyl sites for hydroxylation is 1. The zero-order valence-electron chi connectivity index (χ0n) is 26.9. The molecule has 0 unspecified atom stereocenters. The van der Waals surface area contributed by atoms with Crippen LogP contribution in [0.2, 0.25) is 19.6 Å². The molecule has 0 radical (unpaired) electrons. The van der Waals surface area contributed by atoms with E-state index >= 15 is 0 Å². The third-order valence-electron chi connectivity index (χ3n) is 7.86. The van der Waals surface area contributed by atoms with E-state index in [1.54, 1.807) is 0 Å². The fraction of sp³-hybridized carbons (Fsp3) is 0.514. The van der Waals surface area contributed by atoms with Crippen LogP contribution in [-0.2, 0) is 38.9 Å². The van der Waals surface area contributed by atoms with Gasteiger partial charge in [-0.3, -0.25) is 0 Å². The number of esters is 1. The number of hydrogen-bond acceptors (Lipinski definition) is 3. The zero-order valence-corrected chi connectivity index (χ0v) is 27.9. The van der Waals surface area contributed by atoms with Gasteiger partial charge in [0.05, 0.1) is 5.56 Å². The van der Waals surface area contributed by atoms with Crippen molar-refractivity contribution in [3.8, 4) is 0 Å². The van der Waals surface area contributed by atoms with E-state index in [9.17, 15) is 4.79 Å². The Morgan fingerprint density at radius 1 is 0.762 bits per heavy atom. The summed E-state index contributed by atoms with van der Waals surface area (Å²) in [4.78, 5) is 13.4. The van der Waals surface area contributed by atoms with Gasteiger partial charge >= 0.3 is 5.97 Å². The summed E-state index contributed by atoms with van der Waals surface area (Å²) in [6, 6.07) is 23.9. The molecule has 0 spiro atoms. The van der Waals surface area contributed by atoms with Crippen molar-refractivity contribution >= 4 is 14.3 Å². The van der Waals surface area contributed by atoms with Crippen LogP contribution in [-0.4, -0.2) is 19.9 Å². The molecule has 0 N–H and O–H groups in total. The normalized spacial score (nSPS) is 15.7. The van der Waals surface area contributed by atoms with Crippen LogP contribution in [0, 0.1) is 0 Å². The fourth-order valence-electron chi connectivity index (χ4n) is 6.25. The molecule has 0 amide bonds. The van der Waals surface area contributed by atoms with Crippen molar-refractivity contribution in [2.75, 3.05) is 0 Å². The minimum Gasteiger partial charge on any atom is -0.455 e. The van der Waals surface area contributed by atoms with Crippen molar-refractivity contribution in [1.82, 2.24) is 0 Å². The van der Waals surface area contributed by atoms with Gasteiger partial charge in [-0.1, -0.05) is 99.2 Å². The summed E-state index contributed by atoms with van der Waals surface area (Å²) in [5.74, 6) is -0.200. The Labute approximate surface area is 255 Å². The first kappa shape index (κ1) is 32.2. The molecule has 0 atom stereocenters. The molecular weight excluding hydrogens is 534 g/mol. The van der Waals surface area contributed by atoms with Crippen molar-refractivity contribution in [1.29, 1.82) is 0 Å². The Morgan fingerprint density at radius 2 is 1.26 bits per heavy atom. The predicted octanol–water partition coefficient (Wildman–Crippen LogP) is 8.68. The minimum absolute atomic E-state index is 0.194. The minimum atomic E-state index is -2.12. The zero-order chi connectivity index (χ0) is 30.2. The molecule has 4 nitrogen and oxygen atoms in total. The molecule has 2 aliphatic rings. The summed E-state index contributed by atoms with van der Waals surface area (Å²) < 4.78 is 15.5. The molecule has 0 saturated carbocycles. The summed E-state index contributed by atoms with van der Waals surface area (Å²) in [5.41, 5.74) is 4.51. The molecule has 2 aromatic carbocycles. The van der Waals surface area contributed by atoms with E-state index in [0.717, 1.165) is 36.8 Å². The molecule has 3 aromatic rings. The molecule has 2 heterocycles. The van der Waals surface area contributed by atoms with Crippen molar-refractivity contribution in [3.63, 3.8) is 0 Å². The molecule has 2 bridgehead atoms. The van der Waals surface area contributed by atoms with Crippen LogP contribution in [0.3, 0.4) is 0 Å². The number of carbonyl (C=O) groups excluding carboxylic acids is 1. The molecule has 1 aliphatic carbocycles. The number of aromatic nitrogens is 1. The number of pyridine rings is 1. The maximum Gasteiger partial charge on any atom is 0.373 e. The molecule has 0 saturated heterocycles. The first-order valence-corrected chi connectivity index (χ1v) is 19.5. The molecular formula is C37H52NO3Si+. The van der Waals surface area contributed by atoms with Gasteiger partial charge in [-0.15, -0.1) is 0 Å². The Hall–Kier alpha value is -2.76. The second kappa shape index (κ2) is 14.1. The van der Waals surface area contributed by atoms with Gasteiger partial charge in [0.25, 0.3) is 0 Å². The Bertz CT molecular complexity index is 1250. The van der Waals surface area contributed by atoms with E-state index in [0.29, 0.717) is 0 Å². The SMILES string of the molecule is CC(C)(C)OC(=O)C[n+]1cc2cc(C(O[Si](C)(C)C)(c3ccccc3)c3ccccc3)c1CCCCCCCCCC2. The molecule has 1 aromatic heterocycles. The Kier molecular flexibility index (Phi) is 10.8. The maximum atomic E-state index is 13.4. The topological polar surface area (TPSA) is 39.4 Å². The number of ether oxygens (including phenoxy) is 1. The van der Waals surface area contributed by atoms with Crippen molar-refractivity contribution in [2.24, 2.45) is 0 Å². The highest BCUT2D eigenvalue weighted by molar-refractivity contribution is 6.69. The molecule has 1 aliphatic heterocycles. The maximum absolute atomic E-state index is 13.4. The van der Waals surface area contributed by atoms with Crippen LogP contribution in [0.25, 0.3) is 0 Å². The van der Waals surface area contributed by atoms with E-state index in [-0.39, 0.29) is 12.5 Å². The van der Waals surface area contributed by atoms with E-state index in [1.807, 2.05) is 20.8 Å². The second-order valence-corrected chi connectivity index (χ2v) is 18.3. The van der Waals surface area contributed by atoms with Crippen LogP contribution < -0.4 is 4.57 Å². The molecule has 226 valence electrons. The van der Waals surface area contributed by atoms with Gasteiger partial charge in [-0.25, -0.2) is 4.79 Å². The molecule has 42 heavy (non-hydrogen) atoms. The van der Waals surface area contributed by atoms with Gasteiger partial charge in [-0.2, -0.15) is 4.57 Å². The summed E-state index contributed by atoms with van der Waals surface area (Å²) in [6.45, 7) is 12.8. The highest BCUT2D eigenvalue weighted by atomic mass is 28.4. The first-order valence-electron chi connectivity index (χ1n) is 16.1. The van der Waals surface area contributed by atoms with Crippen LogP contribution in [0.1, 0.15) is 100 Å². The number of nitrogens with zero attached hydrogens (tertiary/aromatic N) is 1. The van der Waals surface area contributed by atoms with Gasteiger partial charge in [-0.05, 0) is 76.9 Å². The molecule has 0 fully saturated rings. The van der Waals surface area contributed by atoms with Crippen LogP contribution in [0.15, 0.2) is 72.9 Å². The first-order chi connectivity index (χ1) is 20.0. The van der Waals surface area contributed by atoms with Gasteiger partial charge in [0.15, 0.2) is 20.2 Å². The lowest BCUT2D eigenvalue weighted by Crippen LogP contribution is -2.49. The van der Waals surface area contributed by atoms with Crippen molar-refractivity contribution < 1.29 is 18.5 Å². The fourth-order valence-corrected chi connectivity index (χ4v) is 7.51. The number of rotatable bonds is 7. The van der Waals surface area contributed by atoms with Crippen LogP contribution in [0.5, 0.6) is 0 Å². The van der Waals surface area contributed by atoms with Gasteiger partial charge < -0.3 is 9.16 Å². The van der Waals surface area contributed by atoms with E-state index < -0.39 is 19.5 Å². The molecule has 5 heteroatoms. The summed E-state index contributed by atoms with van der Waals surface area (Å²) in [6.07, 6.45) is 13.9.